The van der Waals surface area contributed by atoms with Gasteiger partial charge in [-0.05, 0) is 0 Å². The van der Waals surface area contributed by atoms with Crippen LogP contribution in [0.2, 0.25) is 0 Å². The summed E-state index contributed by atoms with van der Waals surface area (Å²) >= 11 is 0. The van der Waals surface area contributed by atoms with Crippen LogP contribution in [0.3, 0.4) is 0 Å². The van der Waals surface area contributed by atoms with Gasteiger partial charge in [0.15, 0.2) is 5.60 Å². The van der Waals surface area contributed by atoms with E-state index in [0.29, 0.717) is 0 Å². The molecule has 1 atom stereocenters. The minimum atomic E-state index is -4.64. The first-order chi connectivity index (χ1) is 9.51. The Kier molecular flexibility index (Phi) is 17.4. The Morgan fingerprint density at radius 2 is 1.26 bits per heavy atom. The van der Waals surface area contributed by atoms with Crippen molar-refractivity contribution in [3.63, 3.8) is 0 Å². The molecular weight excluding hydrogens is 358 g/mol. The smallest absolute Gasteiger partial charge is 0.550 e. The third-order valence-electron chi connectivity index (χ3n) is 1.28. The largest absolute Gasteiger partial charge is 1.00 e. The van der Waals surface area contributed by atoms with Crippen LogP contribution in [0.25, 0.3) is 0 Å². The average Bonchev–Trinajstić information content (AvgIpc) is 2.09. The second-order valence-corrected chi connectivity index (χ2v) is 4.51. The SMILES string of the molecule is CC(=O)O.O=C([O-])CC(O)(CC(=O)O)C(=O)O.O=P(O)(O)O.[Na+]. The first-order valence-electron chi connectivity index (χ1n) is 4.86. The fourth-order valence-electron chi connectivity index (χ4n) is 0.703. The monoisotopic (exact) mass is 372 g/mol. The number of carbonyl (C=O) groups excluding carboxylic acids is 1. The van der Waals surface area contributed by atoms with E-state index in [-0.39, 0.29) is 29.6 Å². The standard InChI is InChI=1S/C6H8O7.C2H4O2.Na.H3O4P/c7-3(8)1-6(13,5(11)12)2-4(9)10;1-2(3)4;;1-5(2,3)4/h13H,1-2H2,(H,7,8)(H,9,10)(H,11,12);1H3,(H,3,4);;(H3,1,2,3,4)/q;;+1;/p-1. The average molecular weight is 372 g/mol. The minimum absolute atomic E-state index is 0. The summed E-state index contributed by atoms with van der Waals surface area (Å²) in [5.74, 6) is -6.17. The van der Waals surface area contributed by atoms with Gasteiger partial charge in [0.25, 0.3) is 5.97 Å². The summed E-state index contributed by atoms with van der Waals surface area (Å²) in [5.41, 5.74) is -2.80. The van der Waals surface area contributed by atoms with Crippen LogP contribution in [0, 0.1) is 0 Å². The molecule has 1 unspecified atom stereocenters. The number of aliphatic carboxylic acids is 4. The molecule has 0 aliphatic heterocycles. The molecule has 0 heterocycles. The summed E-state index contributed by atoms with van der Waals surface area (Å²) in [5, 5.41) is 42.9. The molecule has 0 aliphatic carbocycles. The van der Waals surface area contributed by atoms with Gasteiger partial charge in [0, 0.05) is 19.3 Å². The first-order valence-corrected chi connectivity index (χ1v) is 6.43. The van der Waals surface area contributed by atoms with Crippen LogP contribution in [-0.2, 0) is 23.7 Å². The Labute approximate surface area is 150 Å². The van der Waals surface area contributed by atoms with Gasteiger partial charge in [-0.3, -0.25) is 9.59 Å². The van der Waals surface area contributed by atoms with Crippen molar-refractivity contribution in [1.82, 2.24) is 0 Å². The van der Waals surface area contributed by atoms with E-state index < -0.39 is 50.1 Å². The van der Waals surface area contributed by atoms with E-state index in [9.17, 15) is 19.5 Å². The molecule has 7 N–H and O–H groups in total. The molecule has 15 heteroatoms. The van der Waals surface area contributed by atoms with Gasteiger partial charge in [-0.2, -0.15) is 0 Å². The Bertz CT molecular complexity index is 427. The molecule has 0 aliphatic rings. The van der Waals surface area contributed by atoms with Crippen LogP contribution in [0.1, 0.15) is 19.8 Å². The van der Waals surface area contributed by atoms with E-state index >= 15 is 0 Å². The zero-order chi connectivity index (χ0) is 18.7. The van der Waals surface area contributed by atoms with Gasteiger partial charge in [0.2, 0.25) is 0 Å². The van der Waals surface area contributed by atoms with Crippen LogP contribution in [-0.4, -0.2) is 64.6 Å². The van der Waals surface area contributed by atoms with Crippen molar-refractivity contribution in [3.05, 3.63) is 0 Å². The molecular formula is C8H14NaO13P. The summed E-state index contributed by atoms with van der Waals surface area (Å²) in [7, 11) is -4.64. The molecule has 23 heavy (non-hydrogen) atoms. The first kappa shape index (κ1) is 29.9. The number of phosphoric acid groups is 1. The maximum atomic E-state index is 10.3. The summed E-state index contributed by atoms with van der Waals surface area (Å²) in [6.07, 6.45) is -2.44. The molecule has 0 saturated carbocycles. The summed E-state index contributed by atoms with van der Waals surface area (Å²) in [6.45, 7) is 1.08. The molecule has 0 radical (unpaired) electrons. The quantitative estimate of drug-likeness (QED) is 0.175. The van der Waals surface area contributed by atoms with Crippen LogP contribution in [0.4, 0.5) is 0 Å². The molecule has 0 fully saturated rings. The number of carbonyl (C=O) groups is 4. The Balaban J connectivity index is -0.000000150. The van der Waals surface area contributed by atoms with Crippen molar-refractivity contribution < 1.29 is 93.5 Å². The molecule has 0 aromatic carbocycles. The van der Waals surface area contributed by atoms with E-state index in [1.54, 1.807) is 0 Å². The van der Waals surface area contributed by atoms with E-state index in [1.807, 2.05) is 0 Å². The topological polar surface area (TPSA) is 250 Å². The van der Waals surface area contributed by atoms with Crippen molar-refractivity contribution in [2.45, 2.75) is 25.4 Å². The summed E-state index contributed by atoms with van der Waals surface area (Å²) < 4.78 is 8.88. The molecule has 13 nitrogen and oxygen atoms in total. The Morgan fingerprint density at radius 3 is 1.39 bits per heavy atom. The molecule has 0 amide bonds. The molecule has 0 bridgehead atoms. The number of rotatable bonds is 5. The van der Waals surface area contributed by atoms with Gasteiger partial charge in [-0.1, -0.05) is 0 Å². The van der Waals surface area contributed by atoms with Gasteiger partial charge >= 0.3 is 49.3 Å². The molecule has 130 valence electrons. The van der Waals surface area contributed by atoms with Crippen molar-refractivity contribution in [2.75, 3.05) is 0 Å². The summed E-state index contributed by atoms with van der Waals surface area (Å²) in [4.78, 5) is 60.9. The molecule has 0 saturated heterocycles. The third kappa shape index (κ3) is 33.7. The number of carboxylic acid groups (broad SMARTS) is 4. The zero-order valence-corrected chi connectivity index (χ0v) is 14.8. The van der Waals surface area contributed by atoms with Crippen LogP contribution < -0.4 is 34.7 Å². The number of carboxylic acids is 4. The fourth-order valence-corrected chi connectivity index (χ4v) is 0.703. The Hall–Kier alpha value is -1.05. The van der Waals surface area contributed by atoms with Gasteiger partial charge in [0.1, 0.15) is 0 Å². The van der Waals surface area contributed by atoms with Gasteiger partial charge in [-0.15, -0.1) is 0 Å². The van der Waals surface area contributed by atoms with E-state index in [1.165, 1.54) is 0 Å². The number of aliphatic hydroxyl groups is 1. The normalized spacial score (nSPS) is 11.9. The van der Waals surface area contributed by atoms with Crippen LogP contribution in [0.5, 0.6) is 0 Å². The van der Waals surface area contributed by atoms with E-state index in [2.05, 4.69) is 0 Å². The van der Waals surface area contributed by atoms with Crippen molar-refractivity contribution in [1.29, 1.82) is 0 Å². The molecule has 0 aromatic rings. The van der Waals surface area contributed by atoms with Crippen LogP contribution >= 0.6 is 7.82 Å². The molecule has 0 aromatic heterocycles. The zero-order valence-electron chi connectivity index (χ0n) is 11.9. The predicted octanol–water partition coefficient (Wildman–Crippen LogP) is -6.42. The molecule has 0 spiro atoms. The summed E-state index contributed by atoms with van der Waals surface area (Å²) in [6, 6.07) is 0. The van der Waals surface area contributed by atoms with E-state index in [4.69, 9.17) is 44.5 Å². The maximum absolute atomic E-state index is 10.3. The second kappa shape index (κ2) is 13.4. The second-order valence-electron chi connectivity index (χ2n) is 3.49. The predicted molar refractivity (Wildman–Crippen MR) is 62.0 cm³/mol. The number of hydrogen-bond donors (Lipinski definition) is 7. The maximum Gasteiger partial charge on any atom is 1.00 e. The van der Waals surface area contributed by atoms with Crippen molar-refractivity contribution >= 4 is 31.7 Å². The van der Waals surface area contributed by atoms with Crippen molar-refractivity contribution in [3.8, 4) is 0 Å². The molecule has 0 rings (SSSR count). The van der Waals surface area contributed by atoms with Gasteiger partial charge in [-0.25, -0.2) is 9.36 Å². The van der Waals surface area contributed by atoms with Gasteiger partial charge < -0.3 is 45.0 Å². The Morgan fingerprint density at radius 1 is 1.00 bits per heavy atom. The number of hydrogen-bond acceptors (Lipinski definition) is 7. The minimum Gasteiger partial charge on any atom is -0.550 e. The van der Waals surface area contributed by atoms with Crippen molar-refractivity contribution in [2.24, 2.45) is 0 Å². The van der Waals surface area contributed by atoms with Gasteiger partial charge in [0.05, 0.1) is 6.42 Å². The fraction of sp³-hybridized carbons (Fsp3) is 0.500. The van der Waals surface area contributed by atoms with Crippen LogP contribution in [0.15, 0.2) is 0 Å². The van der Waals surface area contributed by atoms with E-state index in [0.717, 1.165) is 6.92 Å². The third-order valence-corrected chi connectivity index (χ3v) is 1.28.